The van der Waals surface area contributed by atoms with E-state index in [1.54, 1.807) is 22.0 Å². The van der Waals surface area contributed by atoms with Crippen LogP contribution in [0.1, 0.15) is 56.6 Å². The number of halogens is 1. The lowest BCUT2D eigenvalue weighted by Gasteiger charge is -2.37. The third-order valence-corrected chi connectivity index (χ3v) is 11.6. The van der Waals surface area contributed by atoms with Crippen LogP contribution in [0, 0.1) is 11.8 Å². The first-order valence-electron chi connectivity index (χ1n) is 18.5. The Balaban J connectivity index is 1.33. The zero-order valence-corrected chi connectivity index (χ0v) is 31.5. The number of allylic oxidation sites excluding steroid dienone is 1. The Kier molecular flexibility index (Phi) is 12.5. The topological polar surface area (TPSA) is 125 Å². The second-order valence-electron chi connectivity index (χ2n) is 14.1. The highest BCUT2D eigenvalue weighted by molar-refractivity contribution is 9.09. The lowest BCUT2D eigenvalue weighted by Crippen LogP contribution is -2.57. The highest BCUT2D eigenvalue weighted by atomic mass is 79.9. The van der Waals surface area contributed by atoms with E-state index in [4.69, 9.17) is 9.47 Å². The number of carbonyl (C=O) groups is 4. The van der Waals surface area contributed by atoms with Gasteiger partial charge in [0.15, 0.2) is 0 Å². The second kappa shape index (κ2) is 17.2. The maximum Gasteiger partial charge on any atom is 0.313 e. The monoisotopic (exact) mass is 785 g/mol. The number of esters is 1. The number of amides is 3. The highest BCUT2D eigenvalue weighted by Gasteiger charge is 2.77. The first-order valence-corrected chi connectivity index (χ1v) is 19.4. The number of nitrogens with one attached hydrogen (secondary N) is 1. The number of ether oxygens (including phenoxy) is 2. The number of aliphatic hydroxyl groups excluding tert-OH is 1. The number of likely N-dealkylation sites (tertiary alicyclic amines) is 1. The maximum atomic E-state index is 15.1. The average molecular weight is 787 g/mol. The lowest BCUT2D eigenvalue weighted by atomic mass is 9.70. The van der Waals surface area contributed by atoms with Gasteiger partial charge in [0, 0.05) is 36.6 Å². The fraction of sp³-hybridized carbons (Fsp3) is 0.429. The molecule has 3 heterocycles. The summed E-state index contributed by atoms with van der Waals surface area (Å²) in [6.07, 6.45) is 5.77. The van der Waals surface area contributed by atoms with E-state index in [0.717, 1.165) is 23.6 Å². The van der Waals surface area contributed by atoms with Crippen LogP contribution in [0.3, 0.4) is 0 Å². The molecule has 0 aliphatic carbocycles. The van der Waals surface area contributed by atoms with Gasteiger partial charge in [0.25, 0.3) is 5.91 Å². The summed E-state index contributed by atoms with van der Waals surface area (Å²) in [6, 6.07) is 21.9. The van der Waals surface area contributed by atoms with E-state index >= 15 is 4.79 Å². The van der Waals surface area contributed by atoms with E-state index in [2.05, 4.69) is 34.4 Å². The molecule has 3 aromatic carbocycles. The Morgan fingerprint density at radius 1 is 1.02 bits per heavy atom. The molecule has 280 valence electrons. The third kappa shape index (κ3) is 7.84. The lowest BCUT2D eigenvalue weighted by molar-refractivity contribution is -0.160. The molecule has 3 amide bonds. The summed E-state index contributed by atoms with van der Waals surface area (Å²) in [6.45, 7) is 8.25. The van der Waals surface area contributed by atoms with Crippen LogP contribution < -0.4 is 10.2 Å². The largest absolute Gasteiger partial charge is 0.455 e. The van der Waals surface area contributed by atoms with Crippen LogP contribution in [0.5, 0.6) is 0 Å². The molecule has 3 aromatic rings. The molecule has 1 unspecified atom stereocenters. The number of hydrogen-bond acceptors (Lipinski definition) is 7. The summed E-state index contributed by atoms with van der Waals surface area (Å²) in [4.78, 5) is 59.7. The number of unbranched alkanes of at least 4 members (excludes halogenated alkanes) is 3. The van der Waals surface area contributed by atoms with Gasteiger partial charge in [0.2, 0.25) is 11.8 Å². The van der Waals surface area contributed by atoms with Crippen molar-refractivity contribution in [3.8, 4) is 0 Å². The first kappa shape index (κ1) is 38.4. The molecular formula is C42H48BrN3O7. The highest BCUT2D eigenvalue weighted by Crippen LogP contribution is 2.60. The molecular weight excluding hydrogens is 738 g/mol. The molecule has 2 bridgehead atoms. The summed E-state index contributed by atoms with van der Waals surface area (Å²) in [5.74, 6) is -3.33. The van der Waals surface area contributed by atoms with Gasteiger partial charge in [0.05, 0.1) is 24.5 Å². The summed E-state index contributed by atoms with van der Waals surface area (Å²) >= 11 is 3.77. The fourth-order valence-electron chi connectivity index (χ4n) is 8.25. The van der Waals surface area contributed by atoms with Crippen LogP contribution >= 0.6 is 15.9 Å². The molecule has 3 saturated heterocycles. The minimum atomic E-state index is -1.28. The normalized spacial score (nSPS) is 24.8. The number of benzene rings is 3. The van der Waals surface area contributed by atoms with E-state index in [-0.39, 0.29) is 48.7 Å². The standard InChI is InChI=1S/C42H48BrN3O7/c1-3-5-19-34(48)44-27-33(29-16-9-8-10-17-29)52-41(51)35-36-39(49)46(23-13-6-7-14-24-47)38(42(36)26-32(43)37(35)53-42)40(50)45(22-4-2)31-21-20-28-15-11-12-18-30(28)25-31/h3-4,8-12,15-18,20-21,25,32-33,35-38,47H,1-2,5-7,13-14,19,22-24,26-27H2,(H,44,48)/t32?,33-,35-,36+,37-,38-,42+/m1/s1. The van der Waals surface area contributed by atoms with Crippen LogP contribution in [-0.2, 0) is 28.7 Å². The summed E-state index contributed by atoms with van der Waals surface area (Å²) in [5, 5.41) is 14.2. The Hall–Kier alpha value is -4.32. The van der Waals surface area contributed by atoms with Crippen LogP contribution in [0.4, 0.5) is 5.69 Å². The summed E-state index contributed by atoms with van der Waals surface area (Å²) in [5.41, 5.74) is 0.0903. The molecule has 1 spiro atoms. The molecule has 0 radical (unpaired) electrons. The van der Waals surface area contributed by atoms with Gasteiger partial charge in [0.1, 0.15) is 17.7 Å². The van der Waals surface area contributed by atoms with Gasteiger partial charge in [-0.25, -0.2) is 0 Å². The molecule has 3 aliphatic rings. The number of anilines is 1. The van der Waals surface area contributed by atoms with E-state index in [1.165, 1.54) is 0 Å². The van der Waals surface area contributed by atoms with Gasteiger partial charge in [-0.2, -0.15) is 0 Å². The predicted molar refractivity (Wildman–Crippen MR) is 207 cm³/mol. The predicted octanol–water partition coefficient (Wildman–Crippen LogP) is 6.03. The van der Waals surface area contributed by atoms with E-state index in [0.29, 0.717) is 43.5 Å². The van der Waals surface area contributed by atoms with Crippen molar-refractivity contribution in [1.82, 2.24) is 10.2 Å². The minimum absolute atomic E-state index is 0.0504. The Morgan fingerprint density at radius 2 is 1.75 bits per heavy atom. The molecule has 3 fully saturated rings. The Bertz CT molecular complexity index is 1820. The number of hydrogen-bond donors (Lipinski definition) is 2. The van der Waals surface area contributed by atoms with Crippen molar-refractivity contribution in [2.24, 2.45) is 11.8 Å². The molecule has 6 rings (SSSR count). The zero-order valence-electron chi connectivity index (χ0n) is 29.9. The van der Waals surface area contributed by atoms with Gasteiger partial charge < -0.3 is 29.7 Å². The van der Waals surface area contributed by atoms with Crippen LogP contribution in [0.15, 0.2) is 98.1 Å². The average Bonchev–Trinajstić information content (AvgIpc) is 3.77. The molecule has 7 atom stereocenters. The number of alkyl halides is 1. The summed E-state index contributed by atoms with van der Waals surface area (Å²) < 4.78 is 13.0. The molecule has 11 heteroatoms. The van der Waals surface area contributed by atoms with E-state index in [9.17, 15) is 19.5 Å². The fourth-order valence-corrected chi connectivity index (χ4v) is 9.19. The Labute approximate surface area is 319 Å². The third-order valence-electron chi connectivity index (χ3n) is 10.7. The number of nitrogens with zero attached hydrogens (tertiary/aromatic N) is 2. The molecule has 10 nitrogen and oxygen atoms in total. The van der Waals surface area contributed by atoms with Crippen molar-refractivity contribution < 1.29 is 33.8 Å². The molecule has 0 aromatic heterocycles. The number of rotatable bonds is 18. The van der Waals surface area contributed by atoms with E-state index in [1.807, 2.05) is 72.8 Å². The molecule has 3 aliphatic heterocycles. The molecule has 2 N–H and O–H groups in total. The quantitative estimate of drug-likeness (QED) is 0.0699. The minimum Gasteiger partial charge on any atom is -0.455 e. The van der Waals surface area contributed by atoms with Crippen LogP contribution in [-0.4, -0.2) is 82.5 Å². The number of carbonyl (C=O) groups excluding carboxylic acids is 4. The number of aliphatic hydroxyl groups is 1. The SMILES string of the molecule is C=CCCC(=O)NC[C@@H](OC(=O)[C@H]1[C@@H]2O[C@@]3(CC2Br)[C@@H]1C(=O)N(CCCCCCO)[C@@H]3C(=O)N(CC=C)c1ccc2ccccc2c1)c1ccccc1. The van der Waals surface area contributed by atoms with Crippen molar-refractivity contribution in [3.05, 3.63) is 104 Å². The smallest absolute Gasteiger partial charge is 0.313 e. The van der Waals surface area contributed by atoms with Crippen LogP contribution in [0.25, 0.3) is 10.8 Å². The first-order chi connectivity index (χ1) is 25.7. The van der Waals surface area contributed by atoms with Crippen molar-refractivity contribution in [2.45, 2.75) is 73.6 Å². The maximum absolute atomic E-state index is 15.1. The molecule has 0 saturated carbocycles. The summed E-state index contributed by atoms with van der Waals surface area (Å²) in [7, 11) is 0. The van der Waals surface area contributed by atoms with Crippen molar-refractivity contribution in [1.29, 1.82) is 0 Å². The van der Waals surface area contributed by atoms with Crippen molar-refractivity contribution in [3.63, 3.8) is 0 Å². The van der Waals surface area contributed by atoms with Gasteiger partial charge >= 0.3 is 5.97 Å². The van der Waals surface area contributed by atoms with Gasteiger partial charge in [-0.15, -0.1) is 13.2 Å². The zero-order chi connectivity index (χ0) is 37.5. The van der Waals surface area contributed by atoms with E-state index < -0.39 is 41.7 Å². The van der Waals surface area contributed by atoms with Crippen molar-refractivity contribution in [2.75, 3.05) is 31.1 Å². The second-order valence-corrected chi connectivity index (χ2v) is 15.2. The molecule has 53 heavy (non-hydrogen) atoms. The van der Waals surface area contributed by atoms with Crippen molar-refractivity contribution >= 4 is 56.1 Å². The van der Waals surface area contributed by atoms with Gasteiger partial charge in [-0.1, -0.05) is 102 Å². The van der Waals surface area contributed by atoms with Crippen LogP contribution in [0.2, 0.25) is 0 Å². The van der Waals surface area contributed by atoms with Gasteiger partial charge in [-0.3, -0.25) is 19.2 Å². The number of fused-ring (bicyclic) bond motifs is 2. The Morgan fingerprint density at radius 3 is 2.49 bits per heavy atom. The van der Waals surface area contributed by atoms with Gasteiger partial charge in [-0.05, 0) is 54.2 Å².